The summed E-state index contributed by atoms with van der Waals surface area (Å²) in [6, 6.07) is 10.6. The predicted molar refractivity (Wildman–Crippen MR) is 115 cm³/mol. The summed E-state index contributed by atoms with van der Waals surface area (Å²) in [4.78, 5) is 16.7. The maximum atomic E-state index is 11.7. The number of nitrogens with one attached hydrogen (secondary N) is 1. The van der Waals surface area contributed by atoms with Crippen molar-refractivity contribution in [2.24, 2.45) is 5.73 Å². The fourth-order valence-electron chi connectivity index (χ4n) is 3.07. The van der Waals surface area contributed by atoms with Crippen molar-refractivity contribution in [2.45, 2.75) is 31.2 Å². The average molecular weight is 426 g/mol. The first-order valence-corrected chi connectivity index (χ1v) is 8.77. The second-order valence-corrected chi connectivity index (χ2v) is 6.78. The van der Waals surface area contributed by atoms with E-state index in [4.69, 9.17) is 5.73 Å². The molecule has 1 aliphatic carbocycles. The molecule has 0 bridgehead atoms. The fraction of sp³-hybridized carbons (Fsp3) is 0.611. The maximum Gasteiger partial charge on any atom is 0.240 e. The number of carbonyl (C=O) groups excluding carboxylic acids is 1. The van der Waals surface area contributed by atoms with Crippen LogP contribution in [0.2, 0.25) is 0 Å². The molecule has 5 nitrogen and oxygen atoms in total. The van der Waals surface area contributed by atoms with Gasteiger partial charge in [0.2, 0.25) is 5.91 Å². The van der Waals surface area contributed by atoms with Crippen LogP contribution in [0.3, 0.4) is 0 Å². The summed E-state index contributed by atoms with van der Waals surface area (Å²) >= 11 is 0. The summed E-state index contributed by atoms with van der Waals surface area (Å²) in [6.45, 7) is 6.29. The minimum atomic E-state index is -0.534. The molecule has 0 atom stereocenters. The van der Waals surface area contributed by atoms with E-state index in [1.54, 1.807) is 0 Å². The number of para-hydroxylation sites is 1. The first kappa shape index (κ1) is 25.3. The number of amides is 1. The Kier molecular flexibility index (Phi) is 11.6. The fourth-order valence-corrected chi connectivity index (χ4v) is 3.07. The van der Waals surface area contributed by atoms with Gasteiger partial charge in [0.15, 0.2) is 0 Å². The van der Waals surface area contributed by atoms with E-state index in [9.17, 15) is 4.79 Å². The number of halogens is 3. The third-order valence-corrected chi connectivity index (χ3v) is 4.92. The van der Waals surface area contributed by atoms with E-state index in [1.807, 2.05) is 0 Å². The predicted octanol–water partition coefficient (Wildman–Crippen LogP) is 2.46. The highest BCUT2D eigenvalue weighted by molar-refractivity contribution is 5.88. The normalized spacial score (nSPS) is 18.0. The highest BCUT2D eigenvalue weighted by Crippen LogP contribution is 2.31. The Balaban J connectivity index is 0.00000208. The highest BCUT2D eigenvalue weighted by Gasteiger charge is 2.45. The number of rotatable bonds is 7. The van der Waals surface area contributed by atoms with Crippen molar-refractivity contribution in [3.63, 3.8) is 0 Å². The molecular weight excluding hydrogens is 395 g/mol. The lowest BCUT2D eigenvalue weighted by Gasteiger charge is -2.36. The van der Waals surface area contributed by atoms with Crippen LogP contribution in [0.25, 0.3) is 0 Å². The summed E-state index contributed by atoms with van der Waals surface area (Å²) in [7, 11) is 0. The van der Waals surface area contributed by atoms with Gasteiger partial charge in [-0.3, -0.25) is 9.69 Å². The zero-order valence-electron chi connectivity index (χ0n) is 15.1. The van der Waals surface area contributed by atoms with Crippen molar-refractivity contribution in [1.29, 1.82) is 0 Å². The van der Waals surface area contributed by atoms with E-state index in [-0.39, 0.29) is 43.1 Å². The Hall–Kier alpha value is -0.720. The summed E-state index contributed by atoms with van der Waals surface area (Å²) in [5.74, 6) is 0.0361. The molecule has 1 saturated heterocycles. The molecule has 0 unspecified atom stereocenters. The molecule has 2 fully saturated rings. The monoisotopic (exact) mass is 424 g/mol. The Morgan fingerprint density at radius 2 is 1.62 bits per heavy atom. The van der Waals surface area contributed by atoms with Crippen LogP contribution in [0.15, 0.2) is 30.3 Å². The van der Waals surface area contributed by atoms with Crippen molar-refractivity contribution in [3.05, 3.63) is 30.3 Å². The van der Waals surface area contributed by atoms with Crippen molar-refractivity contribution in [3.8, 4) is 0 Å². The Morgan fingerprint density at radius 1 is 1.00 bits per heavy atom. The third-order valence-electron chi connectivity index (χ3n) is 4.92. The number of hydrogen-bond donors (Lipinski definition) is 2. The molecule has 1 amide bonds. The van der Waals surface area contributed by atoms with Crippen LogP contribution in [-0.4, -0.2) is 55.6 Å². The van der Waals surface area contributed by atoms with Gasteiger partial charge in [-0.2, -0.15) is 0 Å². The molecule has 8 heteroatoms. The standard InChI is InChI=1S/C18H28N4O.3ClH/c19-18(8-9-18)17(23)20-10-4-5-11-21-12-14-22(15-13-21)16-6-2-1-3-7-16;;;/h1-3,6-7H,4-5,8-15,19H2,(H,20,23);3*1H. The van der Waals surface area contributed by atoms with Gasteiger partial charge >= 0.3 is 0 Å². The third kappa shape index (κ3) is 7.12. The molecule has 1 aromatic rings. The van der Waals surface area contributed by atoms with E-state index in [0.29, 0.717) is 0 Å². The Bertz CT molecular complexity index is 520. The zero-order valence-corrected chi connectivity index (χ0v) is 17.5. The van der Waals surface area contributed by atoms with Gasteiger partial charge in [0.05, 0.1) is 5.54 Å². The van der Waals surface area contributed by atoms with E-state index >= 15 is 0 Å². The lowest BCUT2D eigenvalue weighted by atomic mass is 10.2. The molecule has 0 aromatic heterocycles. The van der Waals surface area contributed by atoms with Crippen LogP contribution < -0.4 is 16.0 Å². The largest absolute Gasteiger partial charge is 0.369 e. The van der Waals surface area contributed by atoms with Crippen LogP contribution >= 0.6 is 37.2 Å². The van der Waals surface area contributed by atoms with Crippen molar-refractivity contribution >= 4 is 48.8 Å². The quantitative estimate of drug-likeness (QED) is 0.659. The van der Waals surface area contributed by atoms with Crippen molar-refractivity contribution in [1.82, 2.24) is 10.2 Å². The maximum absolute atomic E-state index is 11.7. The number of benzene rings is 1. The van der Waals surface area contributed by atoms with Gasteiger partial charge in [-0.15, -0.1) is 37.2 Å². The minimum absolute atomic E-state index is 0. The first-order chi connectivity index (χ1) is 11.2. The molecule has 1 heterocycles. The van der Waals surface area contributed by atoms with E-state index in [1.165, 1.54) is 5.69 Å². The summed E-state index contributed by atoms with van der Waals surface area (Å²) in [5.41, 5.74) is 6.65. The Labute approximate surface area is 175 Å². The molecule has 150 valence electrons. The minimum Gasteiger partial charge on any atom is -0.369 e. The van der Waals surface area contributed by atoms with Gasteiger partial charge in [-0.05, 0) is 44.4 Å². The summed E-state index contributed by atoms with van der Waals surface area (Å²) in [5, 5.41) is 2.96. The molecule has 1 aliphatic heterocycles. The second kappa shape index (κ2) is 11.9. The summed E-state index contributed by atoms with van der Waals surface area (Å²) < 4.78 is 0. The van der Waals surface area contributed by atoms with Gasteiger partial charge < -0.3 is 16.0 Å². The lowest BCUT2D eigenvalue weighted by molar-refractivity contribution is -0.123. The van der Waals surface area contributed by atoms with Crippen molar-refractivity contribution in [2.75, 3.05) is 44.2 Å². The van der Waals surface area contributed by atoms with Gasteiger partial charge in [0.1, 0.15) is 0 Å². The SMILES string of the molecule is Cl.Cl.Cl.NC1(C(=O)NCCCCN2CCN(c3ccccc3)CC2)CC1. The van der Waals surface area contributed by atoms with E-state index in [2.05, 4.69) is 45.4 Å². The number of anilines is 1. The van der Waals surface area contributed by atoms with Gasteiger partial charge in [0.25, 0.3) is 0 Å². The molecule has 0 radical (unpaired) electrons. The molecule has 1 aromatic carbocycles. The molecule has 1 saturated carbocycles. The lowest BCUT2D eigenvalue weighted by Crippen LogP contribution is -2.46. The molecule has 3 rings (SSSR count). The zero-order chi connectivity index (χ0) is 16.1. The molecule has 3 N–H and O–H groups in total. The molecule has 26 heavy (non-hydrogen) atoms. The average Bonchev–Trinajstić information content (AvgIpc) is 3.35. The van der Waals surface area contributed by atoms with Crippen LogP contribution in [-0.2, 0) is 4.79 Å². The second-order valence-electron chi connectivity index (χ2n) is 6.78. The van der Waals surface area contributed by atoms with Crippen molar-refractivity contribution < 1.29 is 4.79 Å². The van der Waals surface area contributed by atoms with Crippen LogP contribution in [0, 0.1) is 0 Å². The van der Waals surface area contributed by atoms with Gasteiger partial charge in [-0.25, -0.2) is 0 Å². The number of unbranched alkanes of at least 4 members (excludes halogenated alkanes) is 1. The smallest absolute Gasteiger partial charge is 0.240 e. The topological polar surface area (TPSA) is 61.6 Å². The van der Waals surface area contributed by atoms with Crippen LogP contribution in [0.1, 0.15) is 25.7 Å². The Morgan fingerprint density at radius 3 is 2.19 bits per heavy atom. The number of carbonyl (C=O) groups is 1. The van der Waals surface area contributed by atoms with Gasteiger partial charge in [-0.1, -0.05) is 18.2 Å². The van der Waals surface area contributed by atoms with Gasteiger partial charge in [0, 0.05) is 38.4 Å². The van der Waals surface area contributed by atoms with Crippen LogP contribution in [0.4, 0.5) is 5.69 Å². The first-order valence-electron chi connectivity index (χ1n) is 8.77. The summed E-state index contributed by atoms with van der Waals surface area (Å²) in [6.07, 6.45) is 3.83. The number of hydrogen-bond acceptors (Lipinski definition) is 4. The number of nitrogens with two attached hydrogens (primary N) is 1. The highest BCUT2D eigenvalue weighted by atomic mass is 35.5. The molecular formula is C18H31Cl3N4O. The molecule has 2 aliphatic rings. The molecule has 0 spiro atoms. The number of piperazine rings is 1. The van der Waals surface area contributed by atoms with Crippen LogP contribution in [0.5, 0.6) is 0 Å². The van der Waals surface area contributed by atoms with E-state index < -0.39 is 5.54 Å². The number of nitrogens with zero attached hydrogens (tertiary/aromatic N) is 2. The van der Waals surface area contributed by atoms with E-state index in [0.717, 1.165) is 65.0 Å².